The average molecular weight is 315 g/mol. The molecule has 1 aromatic carbocycles. The lowest BCUT2D eigenvalue weighted by Gasteiger charge is -2.26. The zero-order chi connectivity index (χ0) is 12.4. The molecule has 17 heavy (non-hydrogen) atoms. The lowest BCUT2D eigenvalue weighted by Crippen LogP contribution is -2.32. The van der Waals surface area contributed by atoms with Gasteiger partial charge in [-0.3, -0.25) is 0 Å². The Bertz CT molecular complexity index is 466. The van der Waals surface area contributed by atoms with Crippen LogP contribution in [0.5, 0.6) is 0 Å². The van der Waals surface area contributed by atoms with Gasteiger partial charge in [0, 0.05) is 18.8 Å². The molecule has 2 rings (SSSR count). The van der Waals surface area contributed by atoms with E-state index in [1.54, 1.807) is 12.1 Å². The number of benzene rings is 1. The van der Waals surface area contributed by atoms with Crippen LogP contribution in [-0.4, -0.2) is 24.6 Å². The number of nitriles is 1. The first-order valence-electron chi connectivity index (χ1n) is 5.34. The van der Waals surface area contributed by atoms with Crippen molar-refractivity contribution in [2.75, 3.05) is 23.5 Å². The standard InChI is InChI=1S/C12H12BrFN2S/c1-16(9-4-5-17-7-9)10-3-2-8(6-15)11(13)12(10)14/h2-3,9H,4-5,7H2,1H3. The minimum absolute atomic E-state index is 0.259. The summed E-state index contributed by atoms with van der Waals surface area (Å²) in [6, 6.07) is 5.68. The predicted octanol–water partition coefficient (Wildman–Crippen LogP) is 3.40. The third-order valence-corrected chi connectivity index (χ3v) is 4.94. The predicted molar refractivity (Wildman–Crippen MR) is 72.9 cm³/mol. The summed E-state index contributed by atoms with van der Waals surface area (Å²) in [6.45, 7) is 0. The van der Waals surface area contributed by atoms with Gasteiger partial charge in [-0.15, -0.1) is 0 Å². The van der Waals surface area contributed by atoms with E-state index in [2.05, 4.69) is 15.9 Å². The summed E-state index contributed by atoms with van der Waals surface area (Å²) in [6.07, 6.45) is 1.08. The summed E-state index contributed by atoms with van der Waals surface area (Å²) in [7, 11) is 1.91. The van der Waals surface area contributed by atoms with E-state index in [9.17, 15) is 4.39 Å². The molecule has 0 saturated carbocycles. The second-order valence-corrected chi connectivity index (χ2v) is 5.94. The van der Waals surface area contributed by atoms with Crippen molar-refractivity contribution in [3.8, 4) is 6.07 Å². The number of nitrogens with zero attached hydrogens (tertiary/aromatic N) is 2. The molecule has 1 saturated heterocycles. The Kier molecular flexibility index (Phi) is 3.95. The van der Waals surface area contributed by atoms with Crippen molar-refractivity contribution in [2.45, 2.75) is 12.5 Å². The second kappa shape index (κ2) is 5.28. The van der Waals surface area contributed by atoms with Gasteiger partial charge < -0.3 is 4.90 Å². The number of halogens is 2. The van der Waals surface area contributed by atoms with E-state index in [-0.39, 0.29) is 10.3 Å². The van der Waals surface area contributed by atoms with Gasteiger partial charge >= 0.3 is 0 Å². The molecule has 1 heterocycles. The smallest absolute Gasteiger partial charge is 0.161 e. The van der Waals surface area contributed by atoms with Crippen LogP contribution < -0.4 is 4.90 Å². The largest absolute Gasteiger partial charge is 0.368 e. The van der Waals surface area contributed by atoms with Crippen molar-refractivity contribution in [1.29, 1.82) is 5.26 Å². The fraction of sp³-hybridized carbons (Fsp3) is 0.417. The van der Waals surface area contributed by atoms with Crippen LogP contribution in [0.2, 0.25) is 0 Å². The first kappa shape index (κ1) is 12.7. The molecule has 0 radical (unpaired) electrons. The highest BCUT2D eigenvalue weighted by molar-refractivity contribution is 9.10. The first-order valence-corrected chi connectivity index (χ1v) is 7.28. The van der Waals surface area contributed by atoms with E-state index in [4.69, 9.17) is 5.26 Å². The number of thioether (sulfide) groups is 1. The van der Waals surface area contributed by atoms with Crippen LogP contribution in [-0.2, 0) is 0 Å². The molecule has 1 unspecified atom stereocenters. The van der Waals surface area contributed by atoms with Crippen LogP contribution in [0, 0.1) is 17.1 Å². The zero-order valence-electron chi connectivity index (χ0n) is 9.41. The van der Waals surface area contributed by atoms with Crippen molar-refractivity contribution < 1.29 is 4.39 Å². The highest BCUT2D eigenvalue weighted by Crippen LogP contribution is 2.32. The molecule has 0 amide bonds. The summed E-state index contributed by atoms with van der Waals surface area (Å²) in [5, 5.41) is 8.82. The van der Waals surface area contributed by atoms with Gasteiger partial charge in [0.1, 0.15) is 6.07 Å². The van der Waals surface area contributed by atoms with Crippen molar-refractivity contribution >= 4 is 33.4 Å². The second-order valence-electron chi connectivity index (χ2n) is 4.00. The van der Waals surface area contributed by atoms with Crippen LogP contribution in [0.25, 0.3) is 0 Å². The SMILES string of the molecule is CN(c1ccc(C#N)c(Br)c1F)C1CCSC1. The average Bonchev–Trinajstić information content (AvgIpc) is 2.85. The monoisotopic (exact) mass is 314 g/mol. The van der Waals surface area contributed by atoms with Crippen LogP contribution in [0.15, 0.2) is 16.6 Å². The molecule has 0 aliphatic carbocycles. The van der Waals surface area contributed by atoms with Gasteiger partial charge in [0.2, 0.25) is 0 Å². The van der Waals surface area contributed by atoms with Gasteiger partial charge in [-0.05, 0) is 40.2 Å². The van der Waals surface area contributed by atoms with E-state index < -0.39 is 0 Å². The fourth-order valence-electron chi connectivity index (χ4n) is 1.92. The lowest BCUT2D eigenvalue weighted by molar-refractivity contribution is 0.601. The maximum Gasteiger partial charge on any atom is 0.161 e. The molecule has 0 spiro atoms. The highest BCUT2D eigenvalue weighted by atomic mass is 79.9. The van der Waals surface area contributed by atoms with Gasteiger partial charge in [-0.25, -0.2) is 4.39 Å². The number of hydrogen-bond acceptors (Lipinski definition) is 3. The number of anilines is 1. The minimum Gasteiger partial charge on any atom is -0.368 e. The van der Waals surface area contributed by atoms with E-state index in [1.165, 1.54) is 0 Å². The Balaban J connectivity index is 2.33. The van der Waals surface area contributed by atoms with Gasteiger partial charge in [-0.2, -0.15) is 17.0 Å². The van der Waals surface area contributed by atoms with Crippen molar-refractivity contribution in [3.05, 3.63) is 28.0 Å². The van der Waals surface area contributed by atoms with E-state index in [0.29, 0.717) is 17.3 Å². The molecule has 0 bridgehead atoms. The van der Waals surface area contributed by atoms with E-state index >= 15 is 0 Å². The lowest BCUT2D eigenvalue weighted by atomic mass is 10.1. The Labute approximate surface area is 113 Å². The molecular formula is C12H12BrFN2S. The summed E-state index contributed by atoms with van der Waals surface area (Å²) in [5.41, 5.74) is 0.892. The molecular weight excluding hydrogens is 303 g/mol. The van der Waals surface area contributed by atoms with Gasteiger partial charge in [0.15, 0.2) is 5.82 Å². The van der Waals surface area contributed by atoms with Crippen LogP contribution in [0.1, 0.15) is 12.0 Å². The zero-order valence-corrected chi connectivity index (χ0v) is 11.8. The maximum atomic E-state index is 14.1. The Morgan fingerprint density at radius 2 is 2.35 bits per heavy atom. The summed E-state index contributed by atoms with van der Waals surface area (Å²) >= 11 is 5.03. The van der Waals surface area contributed by atoms with Crippen LogP contribution >= 0.6 is 27.7 Å². The molecule has 1 atom stereocenters. The molecule has 2 nitrogen and oxygen atoms in total. The molecule has 0 N–H and O–H groups in total. The van der Waals surface area contributed by atoms with E-state index in [0.717, 1.165) is 17.9 Å². The van der Waals surface area contributed by atoms with Crippen molar-refractivity contribution in [2.24, 2.45) is 0 Å². The highest BCUT2D eigenvalue weighted by Gasteiger charge is 2.23. The molecule has 1 aliphatic rings. The topological polar surface area (TPSA) is 27.0 Å². The Morgan fingerprint density at radius 1 is 1.59 bits per heavy atom. The van der Waals surface area contributed by atoms with Gasteiger partial charge in [0.25, 0.3) is 0 Å². The number of hydrogen-bond donors (Lipinski definition) is 0. The minimum atomic E-state index is -0.344. The first-order chi connectivity index (χ1) is 8.15. The van der Waals surface area contributed by atoms with Crippen LogP contribution in [0.3, 0.4) is 0 Å². The van der Waals surface area contributed by atoms with Crippen molar-refractivity contribution in [1.82, 2.24) is 0 Å². The van der Waals surface area contributed by atoms with Crippen LogP contribution in [0.4, 0.5) is 10.1 Å². The third kappa shape index (κ3) is 2.43. The van der Waals surface area contributed by atoms with E-state index in [1.807, 2.05) is 29.8 Å². The summed E-state index contributed by atoms with van der Waals surface area (Å²) in [4.78, 5) is 1.97. The summed E-state index contributed by atoms with van der Waals surface area (Å²) < 4.78 is 14.4. The molecule has 1 aromatic rings. The molecule has 1 fully saturated rings. The fourth-order valence-corrected chi connectivity index (χ4v) is 3.61. The molecule has 90 valence electrons. The molecule has 0 aromatic heterocycles. The van der Waals surface area contributed by atoms with Gasteiger partial charge in [-0.1, -0.05) is 0 Å². The molecule has 1 aliphatic heterocycles. The van der Waals surface area contributed by atoms with Crippen molar-refractivity contribution in [3.63, 3.8) is 0 Å². The Morgan fingerprint density at radius 3 is 2.94 bits per heavy atom. The third-order valence-electron chi connectivity index (χ3n) is 3.02. The Hall–Kier alpha value is -0.730. The number of rotatable bonds is 2. The quantitative estimate of drug-likeness (QED) is 0.837. The maximum absolute atomic E-state index is 14.1. The normalized spacial score (nSPS) is 19.1. The summed E-state index contributed by atoms with van der Waals surface area (Å²) in [5.74, 6) is 1.82. The van der Waals surface area contributed by atoms with Gasteiger partial charge in [0.05, 0.1) is 15.7 Å². The molecule has 5 heteroatoms.